The lowest BCUT2D eigenvalue weighted by atomic mass is 10.0. The van der Waals surface area contributed by atoms with Crippen LogP contribution in [0.15, 0.2) is 40.9 Å². The Morgan fingerprint density at radius 3 is 2.96 bits per heavy atom. The summed E-state index contributed by atoms with van der Waals surface area (Å²) in [4.78, 5) is 2.31. The van der Waals surface area contributed by atoms with Gasteiger partial charge in [0.15, 0.2) is 11.5 Å². The molecular formula is C21H20N2O4. The summed E-state index contributed by atoms with van der Waals surface area (Å²) in [5, 5.41) is 14.6. The number of aryl methyl sites for hydroxylation is 1. The fourth-order valence-corrected chi connectivity index (χ4v) is 3.76. The van der Waals surface area contributed by atoms with Gasteiger partial charge in [-0.05, 0) is 30.7 Å². The first-order valence-electron chi connectivity index (χ1n) is 9.06. The van der Waals surface area contributed by atoms with E-state index in [1.165, 1.54) is 0 Å². The highest BCUT2D eigenvalue weighted by molar-refractivity contribution is 5.67. The summed E-state index contributed by atoms with van der Waals surface area (Å²) in [6.07, 6.45) is 0.805. The van der Waals surface area contributed by atoms with Crippen LogP contribution in [0.5, 0.6) is 17.2 Å². The predicted octanol–water partition coefficient (Wildman–Crippen LogP) is 3.64. The second-order valence-electron chi connectivity index (χ2n) is 7.04. The van der Waals surface area contributed by atoms with E-state index in [1.54, 1.807) is 0 Å². The first kappa shape index (κ1) is 16.2. The summed E-state index contributed by atoms with van der Waals surface area (Å²) in [5.74, 6) is 2.81. The number of hydrogen-bond acceptors (Lipinski definition) is 6. The van der Waals surface area contributed by atoms with Crippen LogP contribution in [0.2, 0.25) is 0 Å². The molecule has 0 amide bonds. The molecule has 0 saturated carbocycles. The van der Waals surface area contributed by atoms with Gasteiger partial charge in [-0.25, -0.2) is 0 Å². The summed E-state index contributed by atoms with van der Waals surface area (Å²) in [5.41, 5.74) is 4.76. The van der Waals surface area contributed by atoms with Crippen LogP contribution in [-0.2, 0) is 19.5 Å². The van der Waals surface area contributed by atoms with Crippen LogP contribution in [0.25, 0.3) is 11.3 Å². The maximum atomic E-state index is 10.3. The van der Waals surface area contributed by atoms with Crippen LogP contribution in [0.4, 0.5) is 0 Å². The number of para-hydroxylation sites is 1. The molecular weight excluding hydrogens is 344 g/mol. The second-order valence-corrected chi connectivity index (χ2v) is 7.04. The van der Waals surface area contributed by atoms with E-state index in [4.69, 9.17) is 14.0 Å². The molecule has 1 aromatic heterocycles. The topological polar surface area (TPSA) is 68.0 Å². The number of rotatable bonds is 3. The SMILES string of the molecule is Cc1cccc(CN2CCc3onc(-c4ccc5c(c4)OCO5)c3C2)c1O. The lowest BCUT2D eigenvalue weighted by Gasteiger charge is -2.26. The van der Waals surface area contributed by atoms with Crippen molar-refractivity contribution in [3.8, 4) is 28.5 Å². The van der Waals surface area contributed by atoms with Gasteiger partial charge >= 0.3 is 0 Å². The Morgan fingerprint density at radius 1 is 1.15 bits per heavy atom. The minimum Gasteiger partial charge on any atom is -0.507 e. The Kier molecular flexibility index (Phi) is 3.79. The molecule has 0 aliphatic carbocycles. The number of nitrogens with zero attached hydrogens (tertiary/aromatic N) is 2. The third-order valence-corrected chi connectivity index (χ3v) is 5.27. The molecule has 27 heavy (non-hydrogen) atoms. The number of ether oxygens (including phenoxy) is 2. The third-order valence-electron chi connectivity index (χ3n) is 5.27. The van der Waals surface area contributed by atoms with Crippen molar-refractivity contribution in [3.05, 3.63) is 58.8 Å². The van der Waals surface area contributed by atoms with Crippen LogP contribution in [0.3, 0.4) is 0 Å². The number of phenols is 1. The van der Waals surface area contributed by atoms with Crippen molar-refractivity contribution in [2.24, 2.45) is 0 Å². The predicted molar refractivity (Wildman–Crippen MR) is 98.7 cm³/mol. The normalized spacial score (nSPS) is 15.7. The number of fused-ring (bicyclic) bond motifs is 2. The fourth-order valence-electron chi connectivity index (χ4n) is 3.76. The van der Waals surface area contributed by atoms with E-state index in [2.05, 4.69) is 10.1 Å². The molecule has 5 rings (SSSR count). The number of hydrogen-bond donors (Lipinski definition) is 1. The maximum Gasteiger partial charge on any atom is 0.231 e. The minimum atomic E-state index is 0.253. The molecule has 0 unspecified atom stereocenters. The van der Waals surface area contributed by atoms with Gasteiger partial charge in [0.05, 0.1) is 0 Å². The quantitative estimate of drug-likeness (QED) is 0.765. The maximum absolute atomic E-state index is 10.3. The van der Waals surface area contributed by atoms with E-state index < -0.39 is 0 Å². The van der Waals surface area contributed by atoms with E-state index >= 15 is 0 Å². The van der Waals surface area contributed by atoms with Gasteiger partial charge in [-0.15, -0.1) is 0 Å². The summed E-state index contributed by atoms with van der Waals surface area (Å²) in [6.45, 7) is 4.47. The van der Waals surface area contributed by atoms with Crippen molar-refractivity contribution in [1.29, 1.82) is 0 Å². The van der Waals surface area contributed by atoms with Gasteiger partial charge in [0.2, 0.25) is 6.79 Å². The first-order valence-corrected chi connectivity index (χ1v) is 9.06. The summed E-state index contributed by atoms with van der Waals surface area (Å²) in [7, 11) is 0. The van der Waals surface area contributed by atoms with Crippen molar-refractivity contribution in [3.63, 3.8) is 0 Å². The zero-order valence-electron chi connectivity index (χ0n) is 15.1. The van der Waals surface area contributed by atoms with Gasteiger partial charge in [-0.2, -0.15) is 0 Å². The Labute approximate surface area is 156 Å². The average molecular weight is 364 g/mol. The lowest BCUT2D eigenvalue weighted by molar-refractivity contribution is 0.174. The zero-order chi connectivity index (χ0) is 18.4. The van der Waals surface area contributed by atoms with Crippen LogP contribution in [0.1, 0.15) is 22.5 Å². The standard InChI is InChI=1S/C21H20N2O4/c1-13-3-2-4-15(21(13)24)10-23-8-7-17-16(11-23)20(22-27-17)14-5-6-18-19(9-14)26-12-25-18/h2-6,9,24H,7-8,10-12H2,1H3. The number of aromatic nitrogens is 1. The second kappa shape index (κ2) is 6.32. The Bertz CT molecular complexity index is 1010. The van der Waals surface area contributed by atoms with Crippen molar-refractivity contribution in [2.75, 3.05) is 13.3 Å². The zero-order valence-corrected chi connectivity index (χ0v) is 15.1. The molecule has 0 saturated heterocycles. The van der Waals surface area contributed by atoms with Crippen LogP contribution in [-0.4, -0.2) is 28.5 Å². The molecule has 138 valence electrons. The van der Waals surface area contributed by atoms with Crippen LogP contribution >= 0.6 is 0 Å². The summed E-state index contributed by atoms with van der Waals surface area (Å²) >= 11 is 0. The van der Waals surface area contributed by atoms with E-state index in [0.29, 0.717) is 12.3 Å². The highest BCUT2D eigenvalue weighted by Gasteiger charge is 2.26. The van der Waals surface area contributed by atoms with Gasteiger partial charge in [-0.3, -0.25) is 4.90 Å². The molecule has 2 aromatic carbocycles. The third kappa shape index (κ3) is 2.82. The number of phenolic OH excluding ortho intramolecular Hbond substituents is 1. The Hall–Kier alpha value is -2.99. The molecule has 2 aliphatic heterocycles. The highest BCUT2D eigenvalue weighted by Crippen LogP contribution is 2.38. The summed E-state index contributed by atoms with van der Waals surface area (Å²) in [6, 6.07) is 11.7. The van der Waals surface area contributed by atoms with Crippen LogP contribution in [0, 0.1) is 6.92 Å². The van der Waals surface area contributed by atoms with E-state index in [1.807, 2.05) is 43.3 Å². The molecule has 0 radical (unpaired) electrons. The van der Waals surface area contributed by atoms with Gasteiger partial charge in [0.1, 0.15) is 17.2 Å². The highest BCUT2D eigenvalue weighted by atomic mass is 16.7. The monoisotopic (exact) mass is 364 g/mol. The lowest BCUT2D eigenvalue weighted by Crippen LogP contribution is -2.29. The molecule has 3 heterocycles. The Morgan fingerprint density at radius 2 is 2.04 bits per heavy atom. The molecule has 2 aliphatic rings. The first-order chi connectivity index (χ1) is 13.2. The average Bonchev–Trinajstić information content (AvgIpc) is 3.31. The minimum absolute atomic E-state index is 0.253. The van der Waals surface area contributed by atoms with Crippen molar-refractivity contribution >= 4 is 0 Å². The molecule has 1 N–H and O–H groups in total. The van der Waals surface area contributed by atoms with E-state index in [-0.39, 0.29) is 6.79 Å². The molecule has 0 fully saturated rings. The smallest absolute Gasteiger partial charge is 0.231 e. The molecule has 0 atom stereocenters. The van der Waals surface area contributed by atoms with Gasteiger partial charge in [0.25, 0.3) is 0 Å². The van der Waals surface area contributed by atoms with Crippen molar-refractivity contribution < 1.29 is 19.1 Å². The summed E-state index contributed by atoms with van der Waals surface area (Å²) < 4.78 is 16.5. The fraction of sp³-hybridized carbons (Fsp3) is 0.286. The van der Waals surface area contributed by atoms with Gasteiger partial charge < -0.3 is 19.1 Å². The van der Waals surface area contributed by atoms with Crippen molar-refractivity contribution in [1.82, 2.24) is 10.1 Å². The largest absolute Gasteiger partial charge is 0.507 e. The molecule has 0 spiro atoms. The van der Waals surface area contributed by atoms with Gasteiger partial charge in [-0.1, -0.05) is 23.4 Å². The molecule has 6 nitrogen and oxygen atoms in total. The van der Waals surface area contributed by atoms with E-state index in [0.717, 1.165) is 64.7 Å². The van der Waals surface area contributed by atoms with Gasteiger partial charge in [0, 0.05) is 42.7 Å². The van der Waals surface area contributed by atoms with E-state index in [9.17, 15) is 5.11 Å². The van der Waals surface area contributed by atoms with Crippen LogP contribution < -0.4 is 9.47 Å². The molecule has 3 aromatic rings. The number of benzene rings is 2. The Balaban J connectivity index is 1.42. The molecule has 0 bridgehead atoms. The number of aromatic hydroxyl groups is 1. The van der Waals surface area contributed by atoms with Crippen molar-refractivity contribution in [2.45, 2.75) is 26.4 Å². The molecule has 6 heteroatoms.